The number of hydrogen-bond acceptors (Lipinski definition) is 2. The van der Waals surface area contributed by atoms with E-state index in [1.165, 1.54) is 12.0 Å². The molecule has 108 valence electrons. The molecule has 2 heterocycles. The first-order valence-electron chi connectivity index (χ1n) is 7.56. The normalized spacial score (nSPS) is 21.8. The molecule has 0 unspecified atom stereocenters. The van der Waals surface area contributed by atoms with Crippen molar-refractivity contribution in [2.24, 2.45) is 5.92 Å². The van der Waals surface area contributed by atoms with Gasteiger partial charge in [0, 0.05) is 25.6 Å². The molecule has 0 saturated carbocycles. The van der Waals surface area contributed by atoms with Crippen LogP contribution in [-0.4, -0.2) is 37.2 Å². The summed E-state index contributed by atoms with van der Waals surface area (Å²) in [5.41, 5.74) is 1.25. The van der Waals surface area contributed by atoms with Crippen molar-refractivity contribution >= 4 is 6.03 Å². The molecule has 2 aliphatic rings. The Morgan fingerprint density at radius 3 is 2.90 bits per heavy atom. The molecule has 0 radical (unpaired) electrons. The molecule has 1 saturated heterocycles. The molecule has 1 aromatic carbocycles. The first-order chi connectivity index (χ1) is 9.83. The predicted molar refractivity (Wildman–Crippen MR) is 78.0 cm³/mol. The number of rotatable bonds is 2. The quantitative estimate of drug-likeness (QED) is 0.900. The maximum Gasteiger partial charge on any atom is 0.317 e. The van der Waals surface area contributed by atoms with Crippen LogP contribution in [0.5, 0.6) is 5.75 Å². The molecule has 0 spiro atoms. The van der Waals surface area contributed by atoms with Crippen LogP contribution >= 0.6 is 0 Å². The molecule has 1 aromatic rings. The fourth-order valence-corrected chi connectivity index (χ4v) is 2.96. The second-order valence-electron chi connectivity index (χ2n) is 5.72. The fraction of sp³-hybridized carbons (Fsp3) is 0.562. The van der Waals surface area contributed by atoms with Gasteiger partial charge in [0.15, 0.2) is 0 Å². The van der Waals surface area contributed by atoms with Crippen molar-refractivity contribution in [2.45, 2.75) is 25.7 Å². The summed E-state index contributed by atoms with van der Waals surface area (Å²) in [4.78, 5) is 14.0. The minimum Gasteiger partial charge on any atom is -0.493 e. The highest BCUT2D eigenvalue weighted by Crippen LogP contribution is 2.26. The van der Waals surface area contributed by atoms with Gasteiger partial charge in [-0.2, -0.15) is 0 Å². The highest BCUT2D eigenvalue weighted by molar-refractivity contribution is 5.74. The number of ether oxygens (including phenoxy) is 1. The lowest BCUT2D eigenvalue weighted by molar-refractivity contribution is 0.177. The van der Waals surface area contributed by atoms with E-state index in [-0.39, 0.29) is 6.03 Å². The molecule has 1 atom stereocenters. The van der Waals surface area contributed by atoms with Crippen LogP contribution in [0.3, 0.4) is 0 Å². The molecule has 1 fully saturated rings. The monoisotopic (exact) mass is 274 g/mol. The summed E-state index contributed by atoms with van der Waals surface area (Å²) in [6.07, 6.45) is 4.49. The van der Waals surface area contributed by atoms with E-state index in [1.807, 2.05) is 23.1 Å². The fourth-order valence-electron chi connectivity index (χ4n) is 2.96. The first kappa shape index (κ1) is 13.3. The Kier molecular flexibility index (Phi) is 4.09. The Balaban J connectivity index is 1.49. The lowest BCUT2D eigenvalue weighted by Crippen LogP contribution is -2.45. The van der Waals surface area contributed by atoms with Crippen molar-refractivity contribution < 1.29 is 9.53 Å². The van der Waals surface area contributed by atoms with E-state index in [0.717, 1.165) is 38.1 Å². The van der Waals surface area contributed by atoms with Gasteiger partial charge in [0.2, 0.25) is 0 Å². The summed E-state index contributed by atoms with van der Waals surface area (Å²) in [6.45, 7) is 3.19. The topological polar surface area (TPSA) is 41.6 Å². The number of nitrogens with one attached hydrogen (secondary N) is 1. The number of hydrogen-bond donors (Lipinski definition) is 1. The number of urea groups is 1. The molecule has 3 rings (SSSR count). The number of fused-ring (bicyclic) bond motifs is 1. The van der Waals surface area contributed by atoms with Crippen molar-refractivity contribution in [3.63, 3.8) is 0 Å². The van der Waals surface area contributed by atoms with E-state index >= 15 is 0 Å². The number of likely N-dealkylation sites (tertiary alicyclic amines) is 1. The van der Waals surface area contributed by atoms with Gasteiger partial charge in [0.05, 0.1) is 6.61 Å². The number of carbonyl (C=O) groups is 1. The maximum atomic E-state index is 12.1. The molecule has 4 heteroatoms. The van der Waals surface area contributed by atoms with Crippen molar-refractivity contribution in [3.8, 4) is 5.75 Å². The molecule has 1 N–H and O–H groups in total. The Morgan fingerprint density at radius 2 is 2.05 bits per heavy atom. The third kappa shape index (κ3) is 3.06. The molecule has 20 heavy (non-hydrogen) atoms. The summed E-state index contributed by atoms with van der Waals surface area (Å²) in [6, 6.07) is 8.24. The number of para-hydroxylation sites is 1. The van der Waals surface area contributed by atoms with Crippen LogP contribution in [0.4, 0.5) is 4.79 Å². The summed E-state index contributed by atoms with van der Waals surface area (Å²) in [5, 5.41) is 3.06. The van der Waals surface area contributed by atoms with Gasteiger partial charge >= 0.3 is 6.03 Å². The van der Waals surface area contributed by atoms with Gasteiger partial charge in [-0.15, -0.1) is 0 Å². The first-order valence-corrected chi connectivity index (χ1v) is 7.56. The summed E-state index contributed by atoms with van der Waals surface area (Å²) < 4.78 is 5.75. The van der Waals surface area contributed by atoms with Gasteiger partial charge in [0.1, 0.15) is 5.75 Å². The smallest absolute Gasteiger partial charge is 0.317 e. The van der Waals surface area contributed by atoms with Crippen molar-refractivity contribution in [3.05, 3.63) is 29.8 Å². The number of piperidine rings is 1. The molecule has 4 nitrogen and oxygen atoms in total. The lowest BCUT2D eigenvalue weighted by atomic mass is 9.97. The van der Waals surface area contributed by atoms with E-state index < -0.39 is 0 Å². The van der Waals surface area contributed by atoms with Gasteiger partial charge in [-0.1, -0.05) is 18.2 Å². The average molecular weight is 274 g/mol. The van der Waals surface area contributed by atoms with Gasteiger partial charge in [-0.25, -0.2) is 4.79 Å². The number of benzene rings is 1. The number of nitrogens with zero attached hydrogens (tertiary/aromatic N) is 1. The predicted octanol–water partition coefficient (Wildman–Crippen LogP) is 2.43. The lowest BCUT2D eigenvalue weighted by Gasteiger charge is -2.29. The van der Waals surface area contributed by atoms with E-state index in [2.05, 4.69) is 11.4 Å². The Morgan fingerprint density at radius 1 is 1.25 bits per heavy atom. The molecular formula is C16H22N2O2. The molecule has 0 bridgehead atoms. The van der Waals surface area contributed by atoms with Crippen molar-refractivity contribution in [2.75, 3.05) is 26.2 Å². The zero-order valence-corrected chi connectivity index (χ0v) is 11.8. The average Bonchev–Trinajstić information content (AvgIpc) is 2.53. The van der Waals surface area contributed by atoms with Crippen LogP contribution in [0.25, 0.3) is 0 Å². The van der Waals surface area contributed by atoms with Crippen LogP contribution in [0.15, 0.2) is 24.3 Å². The van der Waals surface area contributed by atoms with Crippen LogP contribution in [0.2, 0.25) is 0 Å². The molecule has 2 aliphatic heterocycles. The second-order valence-corrected chi connectivity index (χ2v) is 5.72. The Hall–Kier alpha value is -1.71. The molecule has 0 aliphatic carbocycles. The van der Waals surface area contributed by atoms with E-state index in [4.69, 9.17) is 4.74 Å². The Bertz CT molecular complexity index is 469. The van der Waals surface area contributed by atoms with E-state index in [1.54, 1.807) is 0 Å². The molecule has 0 aromatic heterocycles. The third-order valence-electron chi connectivity index (χ3n) is 4.14. The summed E-state index contributed by atoms with van der Waals surface area (Å²) >= 11 is 0. The van der Waals surface area contributed by atoms with E-state index in [9.17, 15) is 4.79 Å². The number of carbonyl (C=O) groups excluding carboxylic acids is 1. The van der Waals surface area contributed by atoms with E-state index in [0.29, 0.717) is 19.1 Å². The molecular weight excluding hydrogens is 252 g/mol. The minimum absolute atomic E-state index is 0.0866. The van der Waals surface area contributed by atoms with Crippen LogP contribution < -0.4 is 10.1 Å². The van der Waals surface area contributed by atoms with Crippen LogP contribution in [-0.2, 0) is 6.42 Å². The zero-order valence-electron chi connectivity index (χ0n) is 11.8. The zero-order chi connectivity index (χ0) is 13.8. The highest BCUT2D eigenvalue weighted by atomic mass is 16.5. The van der Waals surface area contributed by atoms with Gasteiger partial charge in [0.25, 0.3) is 0 Å². The van der Waals surface area contributed by atoms with Crippen LogP contribution in [0, 0.1) is 5.92 Å². The van der Waals surface area contributed by atoms with Gasteiger partial charge in [-0.3, -0.25) is 0 Å². The minimum atomic E-state index is 0.0866. The summed E-state index contributed by atoms with van der Waals surface area (Å²) in [5.74, 6) is 1.37. The SMILES string of the molecule is O=C(NC[C@@H]1COc2ccccc2C1)N1CCCCC1. The second kappa shape index (κ2) is 6.16. The summed E-state index contributed by atoms with van der Waals surface area (Å²) in [7, 11) is 0. The van der Waals surface area contributed by atoms with Crippen LogP contribution in [0.1, 0.15) is 24.8 Å². The molecule has 2 amide bonds. The van der Waals surface area contributed by atoms with Gasteiger partial charge in [-0.05, 0) is 37.3 Å². The highest BCUT2D eigenvalue weighted by Gasteiger charge is 2.21. The van der Waals surface area contributed by atoms with Gasteiger partial charge < -0.3 is 15.0 Å². The van der Waals surface area contributed by atoms with Crippen molar-refractivity contribution in [1.29, 1.82) is 0 Å². The standard InChI is InChI=1S/C16H22N2O2/c19-16(18-8-4-1-5-9-18)17-11-13-10-14-6-2-3-7-15(14)20-12-13/h2-3,6-7,13H,1,4-5,8-12H2,(H,17,19)/t13-/m1/s1. The third-order valence-corrected chi connectivity index (χ3v) is 4.14. The largest absolute Gasteiger partial charge is 0.493 e. The van der Waals surface area contributed by atoms with Crippen molar-refractivity contribution in [1.82, 2.24) is 10.2 Å². The maximum absolute atomic E-state index is 12.1. The Labute approximate surface area is 120 Å². The number of amides is 2.